The first-order chi connectivity index (χ1) is 15.7. The zero-order valence-electron chi connectivity index (χ0n) is 17.3. The molecule has 1 aliphatic heterocycles. The fourth-order valence-electron chi connectivity index (χ4n) is 3.96. The Kier molecular flexibility index (Phi) is 5.39. The van der Waals surface area contributed by atoms with Crippen LogP contribution in [-0.4, -0.2) is 39.6 Å². The van der Waals surface area contributed by atoms with Crippen LogP contribution in [-0.2, 0) is 4.79 Å². The van der Waals surface area contributed by atoms with Crippen molar-refractivity contribution in [1.82, 2.24) is 15.3 Å². The summed E-state index contributed by atoms with van der Waals surface area (Å²) in [5.41, 5.74) is 2.14. The number of fused-ring (bicyclic) bond motifs is 1. The van der Waals surface area contributed by atoms with E-state index in [0.717, 1.165) is 16.6 Å². The first-order valence-corrected chi connectivity index (χ1v) is 10.6. The standard InChI is InChI=1S/C25H23N5O2/c31-22-13-7-5-11-19(22)24-29-20-12-6-4-10-18(20)23(30-24)27-17-14-21(26-15-17)25(32)28-16-8-2-1-3-9-16/h1-13,17,21,26,31H,14-15H2,(H,28,32)(H,27,29,30)/t17?,21-/m1/s1. The van der Waals surface area contributed by atoms with Crippen LogP contribution in [0.3, 0.4) is 0 Å². The van der Waals surface area contributed by atoms with Gasteiger partial charge in [0.1, 0.15) is 11.6 Å². The third-order valence-corrected chi connectivity index (χ3v) is 5.58. The van der Waals surface area contributed by atoms with Crippen LogP contribution >= 0.6 is 0 Å². The molecule has 32 heavy (non-hydrogen) atoms. The molecule has 0 spiro atoms. The minimum Gasteiger partial charge on any atom is -0.507 e. The summed E-state index contributed by atoms with van der Waals surface area (Å²) in [4.78, 5) is 22.0. The van der Waals surface area contributed by atoms with Crippen molar-refractivity contribution < 1.29 is 9.90 Å². The predicted octanol–water partition coefficient (Wildman–Crippen LogP) is 3.78. The number of amides is 1. The maximum absolute atomic E-state index is 12.6. The first kappa shape index (κ1) is 20.0. The number of benzene rings is 3. The molecule has 1 amide bonds. The van der Waals surface area contributed by atoms with E-state index in [-0.39, 0.29) is 23.7 Å². The molecular weight excluding hydrogens is 402 g/mol. The number of para-hydroxylation sites is 3. The Morgan fingerprint density at radius 3 is 2.53 bits per heavy atom. The molecule has 1 aliphatic rings. The average Bonchev–Trinajstić information content (AvgIpc) is 3.29. The Hall–Kier alpha value is -3.97. The highest BCUT2D eigenvalue weighted by molar-refractivity contribution is 5.95. The topological polar surface area (TPSA) is 99.2 Å². The lowest BCUT2D eigenvalue weighted by Crippen LogP contribution is -2.35. The summed E-state index contributed by atoms with van der Waals surface area (Å²) in [6, 6.07) is 24.0. The van der Waals surface area contributed by atoms with Gasteiger partial charge in [0.2, 0.25) is 5.91 Å². The minimum absolute atomic E-state index is 0.0250. The zero-order valence-corrected chi connectivity index (χ0v) is 17.3. The van der Waals surface area contributed by atoms with Crippen molar-refractivity contribution in [2.24, 2.45) is 0 Å². The average molecular weight is 425 g/mol. The fourth-order valence-corrected chi connectivity index (χ4v) is 3.96. The van der Waals surface area contributed by atoms with Gasteiger partial charge in [-0.25, -0.2) is 9.97 Å². The van der Waals surface area contributed by atoms with Crippen LogP contribution in [0.25, 0.3) is 22.3 Å². The van der Waals surface area contributed by atoms with E-state index in [2.05, 4.69) is 20.9 Å². The molecule has 3 aromatic carbocycles. The lowest BCUT2D eigenvalue weighted by Gasteiger charge is -2.16. The van der Waals surface area contributed by atoms with Gasteiger partial charge in [-0.2, -0.15) is 0 Å². The predicted molar refractivity (Wildman–Crippen MR) is 126 cm³/mol. The SMILES string of the molecule is O=C(Nc1ccccc1)[C@H]1CC(Nc2nc(-c3ccccc3O)nc3ccccc23)CN1. The van der Waals surface area contributed by atoms with Gasteiger partial charge in [0.15, 0.2) is 5.82 Å². The van der Waals surface area contributed by atoms with Crippen LogP contribution in [0.2, 0.25) is 0 Å². The second-order valence-electron chi connectivity index (χ2n) is 7.82. The monoisotopic (exact) mass is 425 g/mol. The normalized spacial score (nSPS) is 17.9. The third kappa shape index (κ3) is 4.10. The van der Waals surface area contributed by atoms with Crippen LogP contribution in [0.5, 0.6) is 5.75 Å². The molecule has 1 unspecified atom stereocenters. The molecule has 160 valence electrons. The van der Waals surface area contributed by atoms with Crippen LogP contribution in [0.4, 0.5) is 11.5 Å². The van der Waals surface area contributed by atoms with Crippen molar-refractivity contribution in [2.45, 2.75) is 18.5 Å². The summed E-state index contributed by atoms with van der Waals surface area (Å²) >= 11 is 0. The summed E-state index contributed by atoms with van der Waals surface area (Å²) in [5.74, 6) is 1.22. The number of nitrogens with one attached hydrogen (secondary N) is 3. The molecule has 0 bridgehead atoms. The Bertz CT molecular complexity index is 1260. The summed E-state index contributed by atoms with van der Waals surface area (Å²) < 4.78 is 0. The molecule has 4 N–H and O–H groups in total. The van der Waals surface area contributed by atoms with Crippen LogP contribution < -0.4 is 16.0 Å². The van der Waals surface area contributed by atoms with E-state index < -0.39 is 0 Å². The second-order valence-corrected chi connectivity index (χ2v) is 7.82. The van der Waals surface area contributed by atoms with Gasteiger partial charge in [0, 0.05) is 23.7 Å². The van der Waals surface area contributed by atoms with Gasteiger partial charge >= 0.3 is 0 Å². The number of phenolic OH excluding ortho intramolecular Hbond substituents is 1. The number of rotatable bonds is 5. The molecule has 5 rings (SSSR count). The molecule has 0 radical (unpaired) electrons. The van der Waals surface area contributed by atoms with Crippen molar-refractivity contribution in [2.75, 3.05) is 17.2 Å². The number of aromatic nitrogens is 2. The van der Waals surface area contributed by atoms with Crippen LogP contribution in [0, 0.1) is 0 Å². The van der Waals surface area contributed by atoms with Gasteiger partial charge in [-0.3, -0.25) is 4.79 Å². The fraction of sp³-hybridized carbons (Fsp3) is 0.160. The van der Waals surface area contributed by atoms with E-state index in [1.165, 1.54) is 0 Å². The Morgan fingerprint density at radius 2 is 1.69 bits per heavy atom. The maximum atomic E-state index is 12.6. The number of nitrogens with zero attached hydrogens (tertiary/aromatic N) is 2. The number of hydrogen-bond acceptors (Lipinski definition) is 6. The smallest absolute Gasteiger partial charge is 0.241 e. The molecule has 0 saturated carbocycles. The molecule has 7 nitrogen and oxygen atoms in total. The second kappa shape index (κ2) is 8.64. The van der Waals surface area contributed by atoms with E-state index in [9.17, 15) is 9.90 Å². The zero-order chi connectivity index (χ0) is 21.9. The van der Waals surface area contributed by atoms with E-state index in [0.29, 0.717) is 30.2 Å². The molecule has 4 aromatic rings. The Labute approximate surface area is 185 Å². The van der Waals surface area contributed by atoms with Crippen LogP contribution in [0.1, 0.15) is 6.42 Å². The highest BCUT2D eigenvalue weighted by atomic mass is 16.3. The van der Waals surface area contributed by atoms with Gasteiger partial charge in [0.25, 0.3) is 0 Å². The molecular formula is C25H23N5O2. The molecule has 1 fully saturated rings. The van der Waals surface area contributed by atoms with Crippen molar-refractivity contribution in [3.8, 4) is 17.1 Å². The number of phenols is 1. The lowest BCUT2D eigenvalue weighted by atomic mass is 10.1. The van der Waals surface area contributed by atoms with Gasteiger partial charge < -0.3 is 21.1 Å². The molecule has 2 heterocycles. The largest absolute Gasteiger partial charge is 0.507 e. The Morgan fingerprint density at radius 1 is 0.938 bits per heavy atom. The molecule has 7 heteroatoms. The van der Waals surface area contributed by atoms with Crippen LogP contribution in [0.15, 0.2) is 78.9 Å². The first-order valence-electron chi connectivity index (χ1n) is 10.6. The van der Waals surface area contributed by atoms with Crippen molar-refractivity contribution in [3.63, 3.8) is 0 Å². The quantitative estimate of drug-likeness (QED) is 0.388. The highest BCUT2D eigenvalue weighted by Gasteiger charge is 2.30. The highest BCUT2D eigenvalue weighted by Crippen LogP contribution is 2.30. The number of carbonyl (C=O) groups is 1. The summed E-state index contributed by atoms with van der Waals surface area (Å²) in [6.07, 6.45) is 0.628. The number of hydrogen-bond donors (Lipinski definition) is 4. The molecule has 1 aromatic heterocycles. The van der Waals surface area contributed by atoms with E-state index in [4.69, 9.17) is 4.98 Å². The number of carbonyl (C=O) groups excluding carboxylic acids is 1. The lowest BCUT2D eigenvalue weighted by molar-refractivity contribution is -0.117. The summed E-state index contributed by atoms with van der Waals surface area (Å²) in [6.45, 7) is 0.636. The maximum Gasteiger partial charge on any atom is 0.241 e. The summed E-state index contributed by atoms with van der Waals surface area (Å²) in [5, 5.41) is 20.9. The van der Waals surface area contributed by atoms with Crippen molar-refractivity contribution in [3.05, 3.63) is 78.9 Å². The van der Waals surface area contributed by atoms with Gasteiger partial charge in [-0.1, -0.05) is 42.5 Å². The number of anilines is 2. The van der Waals surface area contributed by atoms with Gasteiger partial charge in [-0.15, -0.1) is 0 Å². The Balaban J connectivity index is 1.37. The van der Waals surface area contributed by atoms with E-state index >= 15 is 0 Å². The van der Waals surface area contributed by atoms with Crippen molar-refractivity contribution in [1.29, 1.82) is 0 Å². The van der Waals surface area contributed by atoms with E-state index in [1.807, 2.05) is 60.7 Å². The molecule has 0 aliphatic carbocycles. The third-order valence-electron chi connectivity index (χ3n) is 5.58. The minimum atomic E-state index is -0.293. The molecule has 2 atom stereocenters. The number of aromatic hydroxyl groups is 1. The molecule has 1 saturated heterocycles. The summed E-state index contributed by atoms with van der Waals surface area (Å²) in [7, 11) is 0. The van der Waals surface area contributed by atoms with Crippen molar-refractivity contribution >= 4 is 28.3 Å². The van der Waals surface area contributed by atoms with Gasteiger partial charge in [-0.05, 0) is 42.8 Å². The van der Waals surface area contributed by atoms with E-state index in [1.54, 1.807) is 18.2 Å². The van der Waals surface area contributed by atoms with Gasteiger partial charge in [0.05, 0.1) is 17.1 Å².